The quantitative estimate of drug-likeness (QED) is 0.759. The van der Waals surface area contributed by atoms with Crippen LogP contribution < -0.4 is 5.32 Å². The van der Waals surface area contributed by atoms with Gasteiger partial charge in [0.15, 0.2) is 0 Å². The van der Waals surface area contributed by atoms with Crippen LogP contribution in [-0.2, 0) is 16.6 Å². The fraction of sp³-hybridized carbons (Fsp3) is 0.588. The molecular formula is C17H23NO. The summed E-state index contributed by atoms with van der Waals surface area (Å²) in [6.45, 7) is 6.80. The molecule has 3 rings (SSSR count). The van der Waals surface area contributed by atoms with Gasteiger partial charge >= 0.3 is 0 Å². The molecule has 2 heteroatoms. The zero-order valence-electron chi connectivity index (χ0n) is 12.1. The van der Waals surface area contributed by atoms with Crippen LogP contribution in [0, 0.1) is 0 Å². The number of benzene rings is 1. The number of piperidine rings is 1. The van der Waals surface area contributed by atoms with Crippen molar-refractivity contribution in [2.45, 2.75) is 63.8 Å². The molecule has 0 radical (unpaired) electrons. The maximum Gasteiger partial charge on any atom is 0.220 e. The molecule has 1 aromatic carbocycles. The third-order valence-corrected chi connectivity index (χ3v) is 4.65. The Morgan fingerprint density at radius 3 is 2.68 bits per heavy atom. The molecule has 1 aromatic rings. The summed E-state index contributed by atoms with van der Waals surface area (Å²) in [5, 5.41) is 3.17. The molecule has 0 aromatic heterocycles. The van der Waals surface area contributed by atoms with Crippen molar-refractivity contribution in [3.05, 3.63) is 34.9 Å². The van der Waals surface area contributed by atoms with Gasteiger partial charge in [0.1, 0.15) is 0 Å². The Labute approximate surface area is 115 Å². The van der Waals surface area contributed by atoms with Crippen molar-refractivity contribution < 1.29 is 4.79 Å². The molecule has 1 saturated heterocycles. The summed E-state index contributed by atoms with van der Waals surface area (Å²) in [6.07, 6.45) is 3.89. The first kappa shape index (κ1) is 12.7. The Balaban J connectivity index is 1.95. The van der Waals surface area contributed by atoms with Gasteiger partial charge in [0, 0.05) is 18.4 Å². The van der Waals surface area contributed by atoms with E-state index in [-0.39, 0.29) is 11.3 Å². The highest BCUT2D eigenvalue weighted by atomic mass is 16.1. The molecule has 2 unspecified atom stereocenters. The van der Waals surface area contributed by atoms with E-state index in [0.29, 0.717) is 18.4 Å². The molecule has 0 spiro atoms. The van der Waals surface area contributed by atoms with Crippen LogP contribution in [0.3, 0.4) is 0 Å². The Kier molecular flexibility index (Phi) is 2.92. The Morgan fingerprint density at radius 1 is 1.16 bits per heavy atom. The highest BCUT2D eigenvalue weighted by molar-refractivity contribution is 5.77. The van der Waals surface area contributed by atoms with Crippen LogP contribution in [-0.4, -0.2) is 11.9 Å². The predicted octanol–water partition coefficient (Wildman–Crippen LogP) is 3.29. The molecule has 2 nitrogen and oxygen atoms in total. The number of fused-ring (bicyclic) bond motifs is 3. The van der Waals surface area contributed by atoms with E-state index in [2.05, 4.69) is 44.3 Å². The fourth-order valence-corrected chi connectivity index (χ4v) is 3.47. The maximum absolute atomic E-state index is 11.5. The van der Waals surface area contributed by atoms with Gasteiger partial charge in [-0.25, -0.2) is 0 Å². The van der Waals surface area contributed by atoms with Crippen LogP contribution in [0.4, 0.5) is 0 Å². The van der Waals surface area contributed by atoms with Crippen molar-refractivity contribution in [3.8, 4) is 0 Å². The van der Waals surface area contributed by atoms with E-state index in [1.54, 1.807) is 0 Å². The molecule has 1 heterocycles. The summed E-state index contributed by atoms with van der Waals surface area (Å²) in [5.74, 6) is 0.770. The van der Waals surface area contributed by atoms with Crippen molar-refractivity contribution in [3.63, 3.8) is 0 Å². The van der Waals surface area contributed by atoms with E-state index < -0.39 is 0 Å². The number of carbonyl (C=O) groups is 1. The minimum Gasteiger partial charge on any atom is -0.353 e. The molecular weight excluding hydrogens is 234 g/mol. The van der Waals surface area contributed by atoms with Crippen LogP contribution in [0.25, 0.3) is 0 Å². The van der Waals surface area contributed by atoms with Crippen molar-refractivity contribution in [1.82, 2.24) is 5.32 Å². The first-order valence-electron chi connectivity index (χ1n) is 7.38. The summed E-state index contributed by atoms with van der Waals surface area (Å²) in [4.78, 5) is 11.5. The first-order valence-corrected chi connectivity index (χ1v) is 7.38. The summed E-state index contributed by atoms with van der Waals surface area (Å²) < 4.78 is 0. The van der Waals surface area contributed by atoms with Gasteiger partial charge < -0.3 is 5.32 Å². The van der Waals surface area contributed by atoms with Gasteiger partial charge in [-0.1, -0.05) is 39.0 Å². The number of rotatable bonds is 0. The second-order valence-electron chi connectivity index (χ2n) is 7.02. The molecule has 19 heavy (non-hydrogen) atoms. The normalized spacial score (nSPS) is 26.4. The molecule has 102 valence electrons. The lowest BCUT2D eigenvalue weighted by Crippen LogP contribution is -2.45. The number of aryl methyl sites for hydroxylation is 1. The highest BCUT2D eigenvalue weighted by Gasteiger charge is 2.34. The summed E-state index contributed by atoms with van der Waals surface area (Å²) in [5.41, 5.74) is 4.62. The highest BCUT2D eigenvalue weighted by Crippen LogP contribution is 2.38. The van der Waals surface area contributed by atoms with Crippen molar-refractivity contribution >= 4 is 5.91 Å². The van der Waals surface area contributed by atoms with Crippen molar-refractivity contribution in [2.75, 3.05) is 0 Å². The van der Waals surface area contributed by atoms with Crippen LogP contribution >= 0.6 is 0 Å². The minimum atomic E-state index is 0.215. The van der Waals surface area contributed by atoms with Crippen LogP contribution in [0.1, 0.15) is 62.6 Å². The lowest BCUT2D eigenvalue weighted by atomic mass is 9.73. The fourth-order valence-electron chi connectivity index (χ4n) is 3.47. The molecule has 0 bridgehead atoms. The molecule has 0 saturated carbocycles. The van der Waals surface area contributed by atoms with Crippen LogP contribution in [0.5, 0.6) is 0 Å². The largest absolute Gasteiger partial charge is 0.353 e. The molecule has 1 fully saturated rings. The van der Waals surface area contributed by atoms with E-state index >= 15 is 0 Å². The second kappa shape index (κ2) is 4.36. The average Bonchev–Trinajstić information content (AvgIpc) is 2.36. The topological polar surface area (TPSA) is 29.1 Å². The third-order valence-electron chi connectivity index (χ3n) is 4.65. The van der Waals surface area contributed by atoms with Gasteiger partial charge in [-0.05, 0) is 41.4 Å². The van der Waals surface area contributed by atoms with E-state index in [0.717, 1.165) is 19.3 Å². The molecule has 1 aliphatic carbocycles. The first-order chi connectivity index (χ1) is 8.95. The lowest BCUT2D eigenvalue weighted by Gasteiger charge is -2.38. The van der Waals surface area contributed by atoms with Gasteiger partial charge in [-0.15, -0.1) is 0 Å². The van der Waals surface area contributed by atoms with Gasteiger partial charge in [-0.2, -0.15) is 0 Å². The van der Waals surface area contributed by atoms with E-state index in [1.807, 2.05) is 0 Å². The smallest absolute Gasteiger partial charge is 0.220 e. The predicted molar refractivity (Wildman–Crippen MR) is 77.4 cm³/mol. The number of hydrogen-bond acceptors (Lipinski definition) is 1. The summed E-state index contributed by atoms with van der Waals surface area (Å²) in [6, 6.07) is 7.35. The van der Waals surface area contributed by atoms with E-state index in [1.165, 1.54) is 16.7 Å². The van der Waals surface area contributed by atoms with Crippen molar-refractivity contribution in [1.29, 1.82) is 0 Å². The number of carbonyl (C=O) groups excluding carboxylic acids is 1. The van der Waals surface area contributed by atoms with Gasteiger partial charge in [-0.3, -0.25) is 4.79 Å². The maximum atomic E-state index is 11.5. The SMILES string of the molecule is CC(C)(C)c1ccc2c(c1)CCC1NC(=O)CCC21. The number of amides is 1. The Bertz CT molecular complexity index is 512. The number of nitrogens with one attached hydrogen (secondary N) is 1. The van der Waals surface area contributed by atoms with E-state index in [4.69, 9.17) is 0 Å². The zero-order chi connectivity index (χ0) is 13.6. The molecule has 2 atom stereocenters. The zero-order valence-corrected chi connectivity index (χ0v) is 12.1. The minimum absolute atomic E-state index is 0.215. The van der Waals surface area contributed by atoms with Gasteiger partial charge in [0.25, 0.3) is 0 Å². The molecule has 2 aliphatic rings. The summed E-state index contributed by atoms with van der Waals surface area (Å²) in [7, 11) is 0. The number of hydrogen-bond donors (Lipinski definition) is 1. The van der Waals surface area contributed by atoms with Gasteiger partial charge in [0.05, 0.1) is 0 Å². The van der Waals surface area contributed by atoms with Crippen LogP contribution in [0.2, 0.25) is 0 Å². The summed E-state index contributed by atoms with van der Waals surface area (Å²) >= 11 is 0. The van der Waals surface area contributed by atoms with Crippen molar-refractivity contribution in [2.24, 2.45) is 0 Å². The average molecular weight is 257 g/mol. The monoisotopic (exact) mass is 257 g/mol. The molecule has 1 amide bonds. The lowest BCUT2D eigenvalue weighted by molar-refractivity contribution is -0.123. The van der Waals surface area contributed by atoms with Crippen LogP contribution in [0.15, 0.2) is 18.2 Å². The molecule has 1 N–H and O–H groups in total. The Hall–Kier alpha value is -1.31. The standard InChI is InChI=1S/C17H23NO/c1-17(2,3)12-5-6-13-11(10-12)4-8-15-14(13)7-9-16(19)18-15/h5-6,10,14-15H,4,7-9H2,1-3H3,(H,18,19). The Morgan fingerprint density at radius 2 is 1.95 bits per heavy atom. The van der Waals surface area contributed by atoms with Gasteiger partial charge in [0.2, 0.25) is 5.91 Å². The molecule has 1 aliphatic heterocycles. The third kappa shape index (κ3) is 2.29. The second-order valence-corrected chi connectivity index (χ2v) is 7.02. The van der Waals surface area contributed by atoms with E-state index in [9.17, 15) is 4.79 Å².